The topological polar surface area (TPSA) is 133 Å². The fourth-order valence-electron chi connectivity index (χ4n) is 1.88. The number of aromatic nitrogens is 3. The summed E-state index contributed by atoms with van der Waals surface area (Å²) < 4.78 is 11.3. The molecule has 3 rings (SSSR count). The number of nitrogens with zero attached hydrogens (tertiary/aromatic N) is 4. The van der Waals surface area contributed by atoms with Gasteiger partial charge >= 0.3 is 5.82 Å². The number of hydrogen-bond acceptors (Lipinski definition) is 10. The Morgan fingerprint density at radius 1 is 1.48 bits per heavy atom. The number of carbonyl (C=O) groups is 1. The van der Waals surface area contributed by atoms with Crippen LogP contribution in [-0.4, -0.2) is 38.5 Å². The maximum atomic E-state index is 11.9. The molecule has 0 radical (unpaired) electrons. The zero-order valence-electron chi connectivity index (χ0n) is 12.8. The van der Waals surface area contributed by atoms with Crippen molar-refractivity contribution in [2.45, 2.75) is 11.3 Å². The van der Waals surface area contributed by atoms with E-state index in [4.69, 9.17) is 4.74 Å². The third kappa shape index (κ3) is 4.03. The predicted octanol–water partition coefficient (Wildman–Crippen LogP) is 2.72. The molecule has 1 amide bonds. The third-order valence-corrected chi connectivity index (χ3v) is 5.04. The van der Waals surface area contributed by atoms with Gasteiger partial charge in [-0.3, -0.25) is 10.1 Å². The summed E-state index contributed by atoms with van der Waals surface area (Å²) in [4.78, 5) is 26.2. The van der Waals surface area contributed by atoms with Crippen LogP contribution in [0.3, 0.4) is 0 Å². The molecule has 0 fully saturated rings. The maximum absolute atomic E-state index is 11.9. The number of ether oxygens (including phenoxy) is 1. The molecule has 12 heteroatoms. The second-order valence-electron chi connectivity index (χ2n) is 4.57. The van der Waals surface area contributed by atoms with Crippen LogP contribution >= 0.6 is 23.1 Å². The van der Waals surface area contributed by atoms with Gasteiger partial charge in [0.15, 0.2) is 9.50 Å². The van der Waals surface area contributed by atoms with Gasteiger partial charge < -0.3 is 14.9 Å². The third-order valence-electron chi connectivity index (χ3n) is 2.88. The van der Waals surface area contributed by atoms with Crippen molar-refractivity contribution in [2.75, 3.05) is 17.7 Å². The SMILES string of the molecule is CCOc1ccc2nc(SCC(=O)Nc3nonc3[N+](=O)[O-])sc2c1. The Bertz CT molecular complexity index is 925. The second-order valence-corrected chi connectivity index (χ2v) is 6.83. The lowest BCUT2D eigenvalue weighted by Gasteiger charge is -2.00. The molecule has 0 spiro atoms. The van der Waals surface area contributed by atoms with E-state index in [0.29, 0.717) is 10.9 Å². The molecule has 0 saturated heterocycles. The van der Waals surface area contributed by atoms with Crippen molar-refractivity contribution in [1.29, 1.82) is 0 Å². The first-order valence-corrected chi connectivity index (χ1v) is 8.80. The van der Waals surface area contributed by atoms with Gasteiger partial charge in [-0.2, -0.15) is 0 Å². The first-order chi connectivity index (χ1) is 12.1. The van der Waals surface area contributed by atoms with Crippen LogP contribution < -0.4 is 10.1 Å². The minimum Gasteiger partial charge on any atom is -0.494 e. The molecular formula is C13H11N5O5S2. The number of fused-ring (bicyclic) bond motifs is 1. The first-order valence-electron chi connectivity index (χ1n) is 6.99. The number of hydrogen-bond donors (Lipinski definition) is 1. The van der Waals surface area contributed by atoms with Gasteiger partial charge in [-0.05, 0) is 30.0 Å². The van der Waals surface area contributed by atoms with E-state index in [1.165, 1.54) is 23.1 Å². The largest absolute Gasteiger partial charge is 0.494 e. The number of thiazole rings is 1. The normalized spacial score (nSPS) is 10.8. The highest BCUT2D eigenvalue weighted by atomic mass is 32.2. The molecule has 0 bridgehead atoms. The highest BCUT2D eigenvalue weighted by molar-refractivity contribution is 8.01. The van der Waals surface area contributed by atoms with Gasteiger partial charge in [0.2, 0.25) is 5.91 Å². The molecule has 2 aromatic heterocycles. The van der Waals surface area contributed by atoms with Crippen molar-refractivity contribution in [1.82, 2.24) is 15.3 Å². The van der Waals surface area contributed by atoms with Crippen LogP contribution in [0.5, 0.6) is 5.75 Å². The minimum atomic E-state index is -0.789. The standard InChI is InChI=1S/C13H11N5O5S2/c1-2-22-7-3-4-8-9(5-7)25-13(14-8)24-6-10(19)15-11-12(18(20)21)17-23-16-11/h3-5H,2,6H2,1H3,(H,15,16,19). The van der Waals surface area contributed by atoms with E-state index in [9.17, 15) is 14.9 Å². The summed E-state index contributed by atoms with van der Waals surface area (Å²) in [5, 5.41) is 19.4. The van der Waals surface area contributed by atoms with Crippen LogP contribution in [0.15, 0.2) is 27.2 Å². The Hall–Kier alpha value is -2.73. The van der Waals surface area contributed by atoms with Gasteiger partial charge in [-0.25, -0.2) is 4.98 Å². The number of nitro groups is 1. The summed E-state index contributed by atoms with van der Waals surface area (Å²) >= 11 is 2.65. The van der Waals surface area contributed by atoms with E-state index in [1.807, 2.05) is 25.1 Å². The number of anilines is 1. The molecular weight excluding hydrogens is 370 g/mol. The molecule has 130 valence electrons. The van der Waals surface area contributed by atoms with Gasteiger partial charge in [0.05, 0.1) is 22.6 Å². The van der Waals surface area contributed by atoms with Crippen molar-refractivity contribution in [3.63, 3.8) is 0 Å². The zero-order chi connectivity index (χ0) is 17.8. The summed E-state index contributed by atoms with van der Waals surface area (Å²) in [5.41, 5.74) is 0.813. The Morgan fingerprint density at radius 2 is 2.32 bits per heavy atom. The maximum Gasteiger partial charge on any atom is 0.459 e. The fourth-order valence-corrected chi connectivity index (χ4v) is 3.78. The van der Waals surface area contributed by atoms with Crippen LogP contribution in [0.2, 0.25) is 0 Å². The summed E-state index contributed by atoms with van der Waals surface area (Å²) in [7, 11) is 0. The molecule has 2 heterocycles. The van der Waals surface area contributed by atoms with Gasteiger partial charge in [0, 0.05) is 5.16 Å². The Morgan fingerprint density at radius 3 is 3.08 bits per heavy atom. The van der Waals surface area contributed by atoms with Gasteiger partial charge in [-0.15, -0.1) is 16.0 Å². The van der Waals surface area contributed by atoms with Crippen molar-refractivity contribution in [2.24, 2.45) is 0 Å². The van der Waals surface area contributed by atoms with Gasteiger partial charge in [0.25, 0.3) is 5.82 Å². The lowest BCUT2D eigenvalue weighted by atomic mass is 10.3. The summed E-state index contributed by atoms with van der Waals surface area (Å²) in [5.74, 6) is -0.651. The van der Waals surface area contributed by atoms with E-state index in [0.717, 1.165) is 16.0 Å². The molecule has 1 N–H and O–H groups in total. The highest BCUT2D eigenvalue weighted by Crippen LogP contribution is 2.32. The molecule has 0 atom stereocenters. The molecule has 10 nitrogen and oxygen atoms in total. The van der Waals surface area contributed by atoms with E-state index in [-0.39, 0.29) is 11.6 Å². The molecule has 25 heavy (non-hydrogen) atoms. The minimum absolute atomic E-state index is 0.0160. The van der Waals surface area contributed by atoms with Crippen LogP contribution in [0.1, 0.15) is 6.92 Å². The number of carbonyl (C=O) groups excluding carboxylic acids is 1. The Kier molecular flexibility index (Phi) is 5.09. The zero-order valence-corrected chi connectivity index (χ0v) is 14.4. The van der Waals surface area contributed by atoms with Gasteiger partial charge in [0.1, 0.15) is 5.75 Å². The van der Waals surface area contributed by atoms with E-state index < -0.39 is 16.6 Å². The van der Waals surface area contributed by atoms with Crippen molar-refractivity contribution in [3.05, 3.63) is 28.3 Å². The fraction of sp³-hybridized carbons (Fsp3) is 0.231. The number of amides is 1. The highest BCUT2D eigenvalue weighted by Gasteiger charge is 2.24. The number of rotatable bonds is 7. The van der Waals surface area contributed by atoms with Crippen molar-refractivity contribution >= 4 is 50.9 Å². The quantitative estimate of drug-likeness (QED) is 0.372. The predicted molar refractivity (Wildman–Crippen MR) is 91.1 cm³/mol. The second kappa shape index (κ2) is 7.44. The lowest BCUT2D eigenvalue weighted by molar-refractivity contribution is -0.390. The lowest BCUT2D eigenvalue weighted by Crippen LogP contribution is -2.15. The van der Waals surface area contributed by atoms with Crippen LogP contribution in [0.4, 0.5) is 11.6 Å². The summed E-state index contributed by atoms with van der Waals surface area (Å²) in [6, 6.07) is 5.58. The van der Waals surface area contributed by atoms with Crippen molar-refractivity contribution in [3.8, 4) is 5.75 Å². The summed E-state index contributed by atoms with van der Waals surface area (Å²) in [6.45, 7) is 2.49. The van der Waals surface area contributed by atoms with E-state index in [2.05, 4.69) is 25.2 Å². The molecule has 3 aromatic rings. The first kappa shape index (κ1) is 17.1. The number of nitrogens with one attached hydrogen (secondary N) is 1. The van der Waals surface area contributed by atoms with Crippen LogP contribution in [0, 0.1) is 10.1 Å². The monoisotopic (exact) mass is 381 g/mol. The molecule has 0 aliphatic heterocycles. The van der Waals surface area contributed by atoms with E-state index >= 15 is 0 Å². The molecule has 1 aromatic carbocycles. The van der Waals surface area contributed by atoms with Crippen molar-refractivity contribution < 1.29 is 19.1 Å². The average molecular weight is 381 g/mol. The molecule has 0 aliphatic carbocycles. The smallest absolute Gasteiger partial charge is 0.459 e. The molecule has 0 saturated carbocycles. The number of benzene rings is 1. The Labute approximate surface area is 148 Å². The van der Waals surface area contributed by atoms with Gasteiger partial charge in [-0.1, -0.05) is 11.8 Å². The Balaban J connectivity index is 1.62. The molecule has 0 unspecified atom stereocenters. The number of thioether (sulfide) groups is 1. The van der Waals surface area contributed by atoms with Crippen LogP contribution in [0.25, 0.3) is 10.2 Å². The van der Waals surface area contributed by atoms with Crippen LogP contribution in [-0.2, 0) is 4.79 Å². The average Bonchev–Trinajstić information content (AvgIpc) is 3.19. The van der Waals surface area contributed by atoms with E-state index in [1.54, 1.807) is 0 Å². The molecule has 0 aliphatic rings. The summed E-state index contributed by atoms with van der Waals surface area (Å²) in [6.07, 6.45) is 0.